The zero-order valence-corrected chi connectivity index (χ0v) is 7.60. The van der Waals surface area contributed by atoms with Crippen LogP contribution in [0.4, 0.5) is 0 Å². The molecule has 1 aromatic carbocycles. The highest BCUT2D eigenvalue weighted by atomic mass is 16.7. The second-order valence-corrected chi connectivity index (χ2v) is 2.61. The summed E-state index contributed by atoms with van der Waals surface area (Å²) in [7, 11) is 0. The third-order valence-electron chi connectivity index (χ3n) is 1.54. The zero-order chi connectivity index (χ0) is 10.2. The van der Waals surface area contributed by atoms with E-state index in [1.165, 1.54) is 0 Å². The zero-order valence-electron chi connectivity index (χ0n) is 7.60. The maximum absolute atomic E-state index is 11.2. The van der Waals surface area contributed by atoms with Gasteiger partial charge in [0.1, 0.15) is 6.29 Å². The molecule has 0 fully saturated rings. The Kier molecular flexibility index (Phi) is 4.37. The van der Waals surface area contributed by atoms with Gasteiger partial charge in [0.05, 0.1) is 5.56 Å². The highest BCUT2D eigenvalue weighted by molar-refractivity contribution is 5.89. The molecule has 0 amide bonds. The molecular weight excluding hydrogens is 182 g/mol. The molecule has 0 aliphatic carbocycles. The summed E-state index contributed by atoms with van der Waals surface area (Å²) in [5.41, 5.74) is 2.88. The number of aldehydes is 1. The Labute approximate surface area is 81.8 Å². The van der Waals surface area contributed by atoms with Gasteiger partial charge in [0.25, 0.3) is 0 Å². The van der Waals surface area contributed by atoms with Crippen molar-refractivity contribution in [3.05, 3.63) is 35.9 Å². The first-order chi connectivity index (χ1) is 6.84. The van der Waals surface area contributed by atoms with Gasteiger partial charge in [-0.3, -0.25) is 0 Å². The lowest BCUT2D eigenvalue weighted by molar-refractivity contribution is -0.108. The van der Waals surface area contributed by atoms with Gasteiger partial charge in [-0.2, -0.15) is 5.48 Å². The van der Waals surface area contributed by atoms with E-state index in [0.29, 0.717) is 18.5 Å². The Bertz CT molecular complexity index is 297. The first kappa shape index (κ1) is 10.4. The molecule has 0 aromatic heterocycles. The number of hydrogen-bond donors (Lipinski definition) is 1. The Balaban J connectivity index is 2.32. The highest BCUT2D eigenvalue weighted by Gasteiger charge is 2.04. The summed E-state index contributed by atoms with van der Waals surface area (Å²) < 4.78 is 0. The van der Waals surface area contributed by atoms with Crippen LogP contribution in [0.1, 0.15) is 16.8 Å². The van der Waals surface area contributed by atoms with E-state index in [1.807, 2.05) is 6.07 Å². The third-order valence-corrected chi connectivity index (χ3v) is 1.54. The lowest BCUT2D eigenvalue weighted by atomic mass is 10.2. The summed E-state index contributed by atoms with van der Waals surface area (Å²) >= 11 is 0. The van der Waals surface area contributed by atoms with Gasteiger partial charge in [-0.05, 0) is 12.1 Å². The smallest absolute Gasteiger partial charge is 0.356 e. The van der Waals surface area contributed by atoms with E-state index in [1.54, 1.807) is 24.3 Å². The predicted molar refractivity (Wildman–Crippen MR) is 50.5 cm³/mol. The van der Waals surface area contributed by atoms with Crippen LogP contribution in [0.15, 0.2) is 30.3 Å². The highest BCUT2D eigenvalue weighted by Crippen LogP contribution is 1.99. The molecule has 74 valence electrons. The summed E-state index contributed by atoms with van der Waals surface area (Å²) in [6, 6.07) is 8.63. The van der Waals surface area contributed by atoms with Crippen molar-refractivity contribution in [2.75, 3.05) is 6.54 Å². The molecule has 0 radical (unpaired) electrons. The van der Waals surface area contributed by atoms with Crippen LogP contribution in [0.25, 0.3) is 0 Å². The largest absolute Gasteiger partial charge is 0.367 e. The number of rotatable bonds is 5. The number of benzene rings is 1. The number of carbonyl (C=O) groups is 2. The molecule has 0 heterocycles. The molecule has 0 aliphatic rings. The summed E-state index contributed by atoms with van der Waals surface area (Å²) in [4.78, 5) is 25.9. The fraction of sp³-hybridized carbons (Fsp3) is 0.200. The predicted octanol–water partition coefficient (Wildman–Crippen LogP) is 0.937. The molecule has 1 aromatic rings. The summed E-state index contributed by atoms with van der Waals surface area (Å²) in [5, 5.41) is 0. The van der Waals surface area contributed by atoms with E-state index >= 15 is 0 Å². The lowest BCUT2D eigenvalue weighted by Crippen LogP contribution is -2.21. The fourth-order valence-corrected chi connectivity index (χ4v) is 0.868. The molecule has 0 aliphatic heterocycles. The maximum atomic E-state index is 11.2. The molecule has 0 spiro atoms. The van der Waals surface area contributed by atoms with Crippen LogP contribution in [0.5, 0.6) is 0 Å². The van der Waals surface area contributed by atoms with E-state index in [-0.39, 0.29) is 0 Å². The third kappa shape index (κ3) is 3.37. The van der Waals surface area contributed by atoms with Crippen LogP contribution in [0.3, 0.4) is 0 Å². The Morgan fingerprint density at radius 2 is 2.07 bits per heavy atom. The Hall–Kier alpha value is -1.68. The lowest BCUT2D eigenvalue weighted by Gasteiger charge is -2.03. The maximum Gasteiger partial charge on any atom is 0.356 e. The molecule has 4 heteroatoms. The van der Waals surface area contributed by atoms with Crippen molar-refractivity contribution in [2.24, 2.45) is 0 Å². The summed E-state index contributed by atoms with van der Waals surface area (Å²) in [5.74, 6) is -0.448. The van der Waals surface area contributed by atoms with Crippen molar-refractivity contribution in [1.82, 2.24) is 5.48 Å². The standard InChI is InChI=1S/C10H11NO3/c12-8-4-7-11-14-10(13)9-5-2-1-3-6-9/h1-3,5-6,8,11H,4,7H2. The number of nitrogens with one attached hydrogen (secondary N) is 1. The van der Waals surface area contributed by atoms with Crippen LogP contribution < -0.4 is 5.48 Å². The SMILES string of the molecule is O=CCCNOC(=O)c1ccccc1. The molecular formula is C10H11NO3. The van der Waals surface area contributed by atoms with Gasteiger partial charge >= 0.3 is 5.97 Å². The van der Waals surface area contributed by atoms with Crippen molar-refractivity contribution in [2.45, 2.75) is 6.42 Å². The monoisotopic (exact) mass is 193 g/mol. The van der Waals surface area contributed by atoms with Crippen LogP contribution in [0.2, 0.25) is 0 Å². The van der Waals surface area contributed by atoms with E-state index in [4.69, 9.17) is 0 Å². The molecule has 0 bridgehead atoms. The van der Waals surface area contributed by atoms with Crippen molar-refractivity contribution in [1.29, 1.82) is 0 Å². The molecule has 0 unspecified atom stereocenters. The van der Waals surface area contributed by atoms with Gasteiger partial charge < -0.3 is 9.63 Å². The van der Waals surface area contributed by atoms with Crippen LogP contribution in [-0.2, 0) is 9.63 Å². The number of hydrogen-bond acceptors (Lipinski definition) is 4. The summed E-state index contributed by atoms with van der Waals surface area (Å²) in [6.07, 6.45) is 1.07. The minimum atomic E-state index is -0.448. The van der Waals surface area contributed by atoms with E-state index in [2.05, 4.69) is 10.3 Å². The van der Waals surface area contributed by atoms with Crippen LogP contribution >= 0.6 is 0 Å². The molecule has 0 saturated carbocycles. The van der Waals surface area contributed by atoms with Crippen molar-refractivity contribution < 1.29 is 14.4 Å². The second kappa shape index (κ2) is 5.88. The van der Waals surface area contributed by atoms with Gasteiger partial charge in [0.15, 0.2) is 0 Å². The van der Waals surface area contributed by atoms with Crippen LogP contribution in [0, 0.1) is 0 Å². The average molecular weight is 193 g/mol. The minimum absolute atomic E-state index is 0.321. The summed E-state index contributed by atoms with van der Waals surface area (Å²) in [6.45, 7) is 0.335. The van der Waals surface area contributed by atoms with Crippen molar-refractivity contribution >= 4 is 12.3 Å². The van der Waals surface area contributed by atoms with Crippen molar-refractivity contribution in [3.8, 4) is 0 Å². The van der Waals surface area contributed by atoms with E-state index in [0.717, 1.165) is 6.29 Å². The number of hydroxylamine groups is 1. The van der Waals surface area contributed by atoms with Crippen LogP contribution in [-0.4, -0.2) is 18.8 Å². The van der Waals surface area contributed by atoms with Gasteiger partial charge in [-0.15, -0.1) is 0 Å². The Morgan fingerprint density at radius 1 is 1.36 bits per heavy atom. The molecule has 0 atom stereocenters. The van der Waals surface area contributed by atoms with E-state index < -0.39 is 5.97 Å². The topological polar surface area (TPSA) is 55.4 Å². The van der Waals surface area contributed by atoms with Gasteiger partial charge in [0, 0.05) is 13.0 Å². The quantitative estimate of drug-likeness (QED) is 0.429. The fourth-order valence-electron chi connectivity index (χ4n) is 0.868. The van der Waals surface area contributed by atoms with Gasteiger partial charge in [-0.25, -0.2) is 4.79 Å². The van der Waals surface area contributed by atoms with Gasteiger partial charge in [0.2, 0.25) is 0 Å². The molecule has 14 heavy (non-hydrogen) atoms. The number of carbonyl (C=O) groups excluding carboxylic acids is 2. The van der Waals surface area contributed by atoms with Crippen molar-refractivity contribution in [3.63, 3.8) is 0 Å². The van der Waals surface area contributed by atoms with E-state index in [9.17, 15) is 9.59 Å². The first-order valence-corrected chi connectivity index (χ1v) is 4.27. The second-order valence-electron chi connectivity index (χ2n) is 2.61. The average Bonchev–Trinajstić information content (AvgIpc) is 2.25. The normalized spacial score (nSPS) is 9.43. The molecule has 4 nitrogen and oxygen atoms in total. The molecule has 0 saturated heterocycles. The molecule has 1 rings (SSSR count). The minimum Gasteiger partial charge on any atom is -0.367 e. The first-order valence-electron chi connectivity index (χ1n) is 4.27. The Morgan fingerprint density at radius 3 is 2.71 bits per heavy atom. The van der Waals surface area contributed by atoms with Gasteiger partial charge in [-0.1, -0.05) is 18.2 Å². The molecule has 1 N–H and O–H groups in total.